The average molecular weight is 386 g/mol. The van der Waals surface area contributed by atoms with Crippen molar-refractivity contribution in [3.63, 3.8) is 0 Å². The van der Waals surface area contributed by atoms with Crippen LogP contribution in [0.3, 0.4) is 0 Å². The summed E-state index contributed by atoms with van der Waals surface area (Å²) in [5, 5.41) is 2.27. The van der Waals surface area contributed by atoms with Crippen molar-refractivity contribution >= 4 is 5.69 Å². The van der Waals surface area contributed by atoms with Gasteiger partial charge in [-0.1, -0.05) is 54.6 Å². The average Bonchev–Trinajstić information content (AvgIpc) is 3.24. The van der Waals surface area contributed by atoms with E-state index in [1.807, 2.05) is 0 Å². The summed E-state index contributed by atoms with van der Waals surface area (Å²) in [4.78, 5) is 2.69. The minimum Gasteiger partial charge on any atom is -0.303 e. The summed E-state index contributed by atoms with van der Waals surface area (Å²) >= 11 is 0. The van der Waals surface area contributed by atoms with E-state index >= 15 is 0 Å². The minimum atomic E-state index is 0.669. The molecule has 1 saturated heterocycles. The number of likely N-dealkylation sites (tertiary alicyclic amines) is 1. The normalized spacial score (nSPS) is 22.9. The van der Waals surface area contributed by atoms with Gasteiger partial charge < -0.3 is 4.90 Å². The molecule has 1 unspecified atom stereocenters. The Hall–Kier alpha value is -2.36. The van der Waals surface area contributed by atoms with Gasteiger partial charge >= 0.3 is 0 Å². The SMILES string of the molecule is C1=CC2=C(CNN2c2ccccc2)C(CCN2CCC(c3ccccc3)CC2)C1. The number of nitrogens with zero attached hydrogens (tertiary/aromatic N) is 2. The standard InChI is InChI=1S/C26H31N3/c1-3-8-21(9-4-1)22-14-17-28(18-15-22)19-16-23-10-7-13-26-25(23)20-27-29(26)24-11-5-2-6-12-24/h1-9,11-13,22-23,27H,10,14-20H2. The van der Waals surface area contributed by atoms with Crippen LogP contribution in [0.2, 0.25) is 0 Å². The molecule has 2 aromatic rings. The zero-order chi connectivity index (χ0) is 19.5. The predicted molar refractivity (Wildman–Crippen MR) is 121 cm³/mol. The van der Waals surface area contributed by atoms with Crippen molar-refractivity contribution in [3.05, 3.63) is 89.6 Å². The second-order valence-corrected chi connectivity index (χ2v) is 8.57. The first-order chi connectivity index (χ1) is 14.4. The van der Waals surface area contributed by atoms with E-state index in [1.165, 1.54) is 62.3 Å². The molecule has 0 aromatic heterocycles. The van der Waals surface area contributed by atoms with Gasteiger partial charge in [-0.25, -0.2) is 5.43 Å². The minimum absolute atomic E-state index is 0.669. The molecular weight excluding hydrogens is 354 g/mol. The number of rotatable bonds is 5. The monoisotopic (exact) mass is 385 g/mol. The fourth-order valence-electron chi connectivity index (χ4n) is 5.16. The lowest BCUT2D eigenvalue weighted by atomic mass is 9.86. The highest BCUT2D eigenvalue weighted by Gasteiger charge is 2.29. The molecule has 0 radical (unpaired) electrons. The highest BCUT2D eigenvalue weighted by molar-refractivity contribution is 5.58. The third-order valence-corrected chi connectivity index (χ3v) is 6.85. The second-order valence-electron chi connectivity index (χ2n) is 8.57. The summed E-state index contributed by atoms with van der Waals surface area (Å²) < 4.78 is 0. The van der Waals surface area contributed by atoms with E-state index in [0.29, 0.717) is 5.92 Å². The van der Waals surface area contributed by atoms with Gasteiger partial charge in [-0.15, -0.1) is 0 Å². The van der Waals surface area contributed by atoms with Crippen LogP contribution in [0.1, 0.15) is 37.2 Å². The number of anilines is 1. The van der Waals surface area contributed by atoms with Crippen LogP contribution in [-0.4, -0.2) is 31.1 Å². The number of para-hydroxylation sites is 1. The maximum Gasteiger partial charge on any atom is 0.0583 e. The van der Waals surface area contributed by atoms with Crippen LogP contribution in [0, 0.1) is 5.92 Å². The summed E-state index contributed by atoms with van der Waals surface area (Å²) in [6.07, 6.45) is 9.73. The summed E-state index contributed by atoms with van der Waals surface area (Å²) in [6, 6.07) is 21.7. The highest BCUT2D eigenvalue weighted by atomic mass is 15.5. The van der Waals surface area contributed by atoms with Crippen LogP contribution in [0.25, 0.3) is 0 Å². The van der Waals surface area contributed by atoms with Crippen LogP contribution in [0.15, 0.2) is 84.1 Å². The van der Waals surface area contributed by atoms with Crippen LogP contribution in [0.5, 0.6) is 0 Å². The number of nitrogens with one attached hydrogen (secondary N) is 1. The maximum absolute atomic E-state index is 3.60. The van der Waals surface area contributed by atoms with Gasteiger partial charge in [-0.2, -0.15) is 0 Å². The lowest BCUT2D eigenvalue weighted by molar-refractivity contribution is 0.202. The van der Waals surface area contributed by atoms with Crippen molar-refractivity contribution in [2.45, 2.75) is 31.6 Å². The fraction of sp³-hybridized carbons (Fsp3) is 0.385. The lowest BCUT2D eigenvalue weighted by Crippen LogP contribution is -2.34. The first-order valence-electron chi connectivity index (χ1n) is 11.1. The molecule has 0 amide bonds. The van der Waals surface area contributed by atoms with Crippen molar-refractivity contribution in [1.82, 2.24) is 10.3 Å². The van der Waals surface area contributed by atoms with Gasteiger partial charge in [0, 0.05) is 6.54 Å². The Balaban J connectivity index is 1.18. The van der Waals surface area contributed by atoms with Gasteiger partial charge in [-0.3, -0.25) is 5.01 Å². The molecule has 3 heteroatoms. The summed E-state index contributed by atoms with van der Waals surface area (Å²) in [7, 11) is 0. The number of piperidine rings is 1. The topological polar surface area (TPSA) is 18.5 Å². The molecule has 1 aliphatic carbocycles. The van der Waals surface area contributed by atoms with E-state index in [1.54, 1.807) is 5.57 Å². The van der Waals surface area contributed by atoms with Crippen LogP contribution >= 0.6 is 0 Å². The van der Waals surface area contributed by atoms with Gasteiger partial charge in [0.05, 0.1) is 11.4 Å². The molecule has 0 spiro atoms. The van der Waals surface area contributed by atoms with Crippen molar-refractivity contribution in [1.29, 1.82) is 0 Å². The maximum atomic E-state index is 3.60. The zero-order valence-corrected chi connectivity index (χ0v) is 17.1. The molecule has 2 aromatic carbocycles. The van der Waals surface area contributed by atoms with E-state index in [4.69, 9.17) is 0 Å². The Morgan fingerprint density at radius 3 is 2.38 bits per heavy atom. The van der Waals surface area contributed by atoms with Crippen molar-refractivity contribution < 1.29 is 0 Å². The van der Waals surface area contributed by atoms with E-state index in [0.717, 1.165) is 12.5 Å². The first-order valence-corrected chi connectivity index (χ1v) is 11.1. The summed E-state index contributed by atoms with van der Waals surface area (Å²) in [5.41, 5.74) is 9.32. The van der Waals surface area contributed by atoms with E-state index in [9.17, 15) is 0 Å². The third kappa shape index (κ3) is 4.03. The zero-order valence-electron chi connectivity index (χ0n) is 17.1. The van der Waals surface area contributed by atoms with Crippen molar-refractivity contribution in [2.75, 3.05) is 31.2 Å². The fourth-order valence-corrected chi connectivity index (χ4v) is 5.16. The molecule has 1 fully saturated rings. The summed E-state index contributed by atoms with van der Waals surface area (Å²) in [6.45, 7) is 4.68. The predicted octanol–water partition coefficient (Wildman–Crippen LogP) is 5.11. The highest BCUT2D eigenvalue weighted by Crippen LogP contribution is 2.35. The number of allylic oxidation sites excluding steroid dienone is 2. The Morgan fingerprint density at radius 1 is 0.897 bits per heavy atom. The molecule has 0 saturated carbocycles. The molecule has 150 valence electrons. The molecular formula is C26H31N3. The first kappa shape index (κ1) is 18.7. The molecule has 5 rings (SSSR count). The lowest BCUT2D eigenvalue weighted by Gasteiger charge is -2.33. The molecule has 2 heterocycles. The molecule has 29 heavy (non-hydrogen) atoms. The van der Waals surface area contributed by atoms with Crippen LogP contribution < -0.4 is 10.4 Å². The molecule has 0 bridgehead atoms. The van der Waals surface area contributed by atoms with Crippen molar-refractivity contribution in [3.8, 4) is 0 Å². The molecule has 2 aliphatic heterocycles. The number of hydrogen-bond donors (Lipinski definition) is 1. The van der Waals surface area contributed by atoms with Gasteiger partial charge in [0.15, 0.2) is 0 Å². The third-order valence-electron chi connectivity index (χ3n) is 6.85. The molecule has 3 aliphatic rings. The summed E-state index contributed by atoms with van der Waals surface area (Å²) in [5.74, 6) is 1.42. The molecule has 1 atom stereocenters. The Bertz CT molecular complexity index is 863. The second kappa shape index (κ2) is 8.56. The van der Waals surface area contributed by atoms with E-state index in [2.05, 4.69) is 88.2 Å². The quantitative estimate of drug-likeness (QED) is 0.771. The Morgan fingerprint density at radius 2 is 1.62 bits per heavy atom. The smallest absolute Gasteiger partial charge is 0.0583 e. The van der Waals surface area contributed by atoms with Crippen molar-refractivity contribution in [2.24, 2.45) is 5.92 Å². The van der Waals surface area contributed by atoms with Crippen LogP contribution in [-0.2, 0) is 0 Å². The molecule has 1 N–H and O–H groups in total. The Labute approximate surface area is 174 Å². The molecule has 3 nitrogen and oxygen atoms in total. The number of hydrogen-bond acceptors (Lipinski definition) is 3. The van der Waals surface area contributed by atoms with Gasteiger partial charge in [-0.05, 0) is 86.5 Å². The van der Waals surface area contributed by atoms with E-state index in [-0.39, 0.29) is 0 Å². The van der Waals surface area contributed by atoms with Gasteiger partial charge in [0.25, 0.3) is 0 Å². The van der Waals surface area contributed by atoms with Crippen LogP contribution in [0.4, 0.5) is 5.69 Å². The number of hydrazine groups is 1. The Kier molecular flexibility index (Phi) is 5.51. The van der Waals surface area contributed by atoms with Gasteiger partial charge in [0.1, 0.15) is 0 Å². The largest absolute Gasteiger partial charge is 0.303 e. The van der Waals surface area contributed by atoms with E-state index < -0.39 is 0 Å². The van der Waals surface area contributed by atoms with Gasteiger partial charge in [0.2, 0.25) is 0 Å². The number of benzene rings is 2.